The van der Waals surface area contributed by atoms with E-state index in [1.807, 2.05) is 6.92 Å². The third kappa shape index (κ3) is 6.05. The average molecular weight is 269 g/mol. The maximum Gasteiger partial charge on any atom is 0.242 e. The summed E-state index contributed by atoms with van der Waals surface area (Å²) in [6.45, 7) is 3.94. The molecule has 0 aromatic heterocycles. The lowest BCUT2D eigenvalue weighted by atomic mass is 9.87. The minimum atomic E-state index is -0.495. The maximum atomic E-state index is 11.9. The first-order valence-electron chi connectivity index (χ1n) is 7.32. The predicted octanol–water partition coefficient (Wildman–Crippen LogP) is 0.925. The Hall–Kier alpha value is -1.10. The van der Waals surface area contributed by atoms with Crippen molar-refractivity contribution in [3.63, 3.8) is 0 Å². The normalized spacial score (nSPS) is 19.5. The summed E-state index contributed by atoms with van der Waals surface area (Å²) in [5.41, 5.74) is 5.44. The number of hydrogen-bond acceptors (Lipinski definition) is 3. The molecule has 2 amide bonds. The molecule has 1 aliphatic carbocycles. The highest BCUT2D eigenvalue weighted by atomic mass is 16.2. The van der Waals surface area contributed by atoms with E-state index in [0.717, 1.165) is 12.8 Å². The third-order valence-corrected chi connectivity index (χ3v) is 3.71. The van der Waals surface area contributed by atoms with Crippen molar-refractivity contribution in [2.24, 2.45) is 11.7 Å². The van der Waals surface area contributed by atoms with Crippen LogP contribution < -0.4 is 16.4 Å². The second-order valence-electron chi connectivity index (χ2n) is 5.64. The summed E-state index contributed by atoms with van der Waals surface area (Å²) in [7, 11) is 0. The molecule has 0 saturated heterocycles. The Morgan fingerprint density at radius 2 is 1.79 bits per heavy atom. The first-order chi connectivity index (χ1) is 9.02. The van der Waals surface area contributed by atoms with Crippen LogP contribution in [0.15, 0.2) is 0 Å². The molecule has 5 nitrogen and oxygen atoms in total. The summed E-state index contributed by atoms with van der Waals surface area (Å²) in [5.74, 6) is 0.303. The third-order valence-electron chi connectivity index (χ3n) is 3.71. The van der Waals surface area contributed by atoms with E-state index in [0.29, 0.717) is 18.9 Å². The summed E-state index contributed by atoms with van der Waals surface area (Å²) in [6.07, 6.45) is 6.55. The molecule has 110 valence electrons. The molecule has 0 aliphatic heterocycles. The molecule has 0 aromatic carbocycles. The Bertz CT molecular complexity index is 301. The molecule has 1 fully saturated rings. The van der Waals surface area contributed by atoms with Crippen molar-refractivity contribution in [2.75, 3.05) is 6.54 Å². The topological polar surface area (TPSA) is 84.2 Å². The lowest BCUT2D eigenvalue weighted by molar-refractivity contribution is -0.129. The van der Waals surface area contributed by atoms with Gasteiger partial charge in [0.05, 0.1) is 0 Å². The van der Waals surface area contributed by atoms with E-state index in [2.05, 4.69) is 10.6 Å². The molecule has 1 rings (SSSR count). The summed E-state index contributed by atoms with van der Waals surface area (Å²) < 4.78 is 0. The Kier molecular flexibility index (Phi) is 6.84. The Morgan fingerprint density at radius 1 is 1.16 bits per heavy atom. The van der Waals surface area contributed by atoms with Crippen LogP contribution in [0.4, 0.5) is 0 Å². The number of carbonyl (C=O) groups excluding carboxylic acids is 2. The molecule has 1 aliphatic rings. The molecule has 0 aromatic rings. The van der Waals surface area contributed by atoms with E-state index in [1.165, 1.54) is 19.3 Å². The first-order valence-corrected chi connectivity index (χ1v) is 7.32. The summed E-state index contributed by atoms with van der Waals surface area (Å²) >= 11 is 0. The van der Waals surface area contributed by atoms with Crippen LogP contribution >= 0.6 is 0 Å². The number of nitrogens with one attached hydrogen (secondary N) is 2. The molecule has 4 N–H and O–H groups in total. The summed E-state index contributed by atoms with van der Waals surface area (Å²) in [6, 6.07) is -0.560. The van der Waals surface area contributed by atoms with E-state index >= 15 is 0 Å². The van der Waals surface area contributed by atoms with Crippen LogP contribution in [0.3, 0.4) is 0 Å². The highest BCUT2D eigenvalue weighted by molar-refractivity contribution is 5.87. The number of rotatable bonds is 6. The summed E-state index contributed by atoms with van der Waals surface area (Å²) in [4.78, 5) is 23.6. The predicted molar refractivity (Wildman–Crippen MR) is 75.5 cm³/mol. The largest absolute Gasteiger partial charge is 0.351 e. The van der Waals surface area contributed by atoms with Crippen molar-refractivity contribution in [1.82, 2.24) is 10.6 Å². The number of amides is 2. The zero-order valence-electron chi connectivity index (χ0n) is 12.1. The minimum absolute atomic E-state index is 0.0186. The molecule has 0 bridgehead atoms. The van der Waals surface area contributed by atoms with E-state index < -0.39 is 6.04 Å². The van der Waals surface area contributed by atoms with Gasteiger partial charge >= 0.3 is 0 Å². The molecule has 0 heterocycles. The van der Waals surface area contributed by atoms with Crippen LogP contribution in [0.25, 0.3) is 0 Å². The molecule has 1 saturated carbocycles. The molecule has 19 heavy (non-hydrogen) atoms. The highest BCUT2D eigenvalue weighted by Crippen LogP contribution is 2.26. The molecular weight excluding hydrogens is 242 g/mol. The first kappa shape index (κ1) is 16.0. The number of nitrogens with two attached hydrogens (primary N) is 1. The van der Waals surface area contributed by atoms with Gasteiger partial charge in [-0.15, -0.1) is 0 Å². The number of hydrogen-bond donors (Lipinski definition) is 3. The van der Waals surface area contributed by atoms with Crippen LogP contribution in [0.5, 0.6) is 0 Å². The van der Waals surface area contributed by atoms with Gasteiger partial charge < -0.3 is 16.4 Å². The fourth-order valence-corrected chi connectivity index (χ4v) is 2.45. The van der Waals surface area contributed by atoms with Gasteiger partial charge in [0.1, 0.15) is 6.04 Å². The van der Waals surface area contributed by atoms with E-state index in [1.54, 1.807) is 6.92 Å². The van der Waals surface area contributed by atoms with Crippen LogP contribution in [-0.2, 0) is 9.59 Å². The second kappa shape index (κ2) is 8.15. The lowest BCUT2D eigenvalue weighted by Gasteiger charge is -2.22. The van der Waals surface area contributed by atoms with Crippen LogP contribution in [0, 0.1) is 5.92 Å². The fourth-order valence-electron chi connectivity index (χ4n) is 2.45. The quantitative estimate of drug-likeness (QED) is 0.670. The van der Waals surface area contributed by atoms with Gasteiger partial charge in [0.15, 0.2) is 0 Å². The zero-order chi connectivity index (χ0) is 14.3. The van der Waals surface area contributed by atoms with Crippen molar-refractivity contribution in [3.8, 4) is 0 Å². The van der Waals surface area contributed by atoms with E-state index in [-0.39, 0.29) is 17.9 Å². The fraction of sp³-hybridized carbons (Fsp3) is 0.857. The Balaban J connectivity index is 2.28. The lowest BCUT2D eigenvalue weighted by Crippen LogP contribution is -2.49. The van der Waals surface area contributed by atoms with Crippen molar-refractivity contribution in [1.29, 1.82) is 0 Å². The van der Waals surface area contributed by atoms with Crippen molar-refractivity contribution in [3.05, 3.63) is 0 Å². The van der Waals surface area contributed by atoms with Gasteiger partial charge in [-0.3, -0.25) is 9.59 Å². The molecule has 0 spiro atoms. The maximum absolute atomic E-state index is 11.9. The molecule has 0 radical (unpaired) electrons. The SMILES string of the molecule is CC(NC(=O)CC1CCCCC1)C(=O)N[C@@H](C)CN. The standard InChI is InChI=1S/C14H27N3O2/c1-10(9-15)16-14(19)11(2)17-13(18)8-12-6-4-3-5-7-12/h10-12H,3-9,15H2,1-2H3,(H,16,19)(H,17,18)/t10-,11?/m0/s1. The van der Waals surface area contributed by atoms with Gasteiger partial charge in [-0.1, -0.05) is 19.3 Å². The van der Waals surface area contributed by atoms with Gasteiger partial charge in [0.2, 0.25) is 11.8 Å². The minimum Gasteiger partial charge on any atom is -0.351 e. The van der Waals surface area contributed by atoms with E-state index in [4.69, 9.17) is 5.73 Å². The van der Waals surface area contributed by atoms with Crippen molar-refractivity contribution in [2.45, 2.75) is 64.5 Å². The van der Waals surface area contributed by atoms with Gasteiger partial charge in [-0.25, -0.2) is 0 Å². The van der Waals surface area contributed by atoms with Gasteiger partial charge in [0.25, 0.3) is 0 Å². The van der Waals surface area contributed by atoms with Gasteiger partial charge in [0, 0.05) is 19.0 Å². The van der Waals surface area contributed by atoms with Crippen LogP contribution in [0.2, 0.25) is 0 Å². The Morgan fingerprint density at radius 3 is 2.37 bits per heavy atom. The van der Waals surface area contributed by atoms with Crippen LogP contribution in [-0.4, -0.2) is 30.4 Å². The number of carbonyl (C=O) groups is 2. The average Bonchev–Trinajstić information content (AvgIpc) is 2.39. The van der Waals surface area contributed by atoms with Crippen molar-refractivity contribution < 1.29 is 9.59 Å². The highest BCUT2D eigenvalue weighted by Gasteiger charge is 2.20. The summed E-state index contributed by atoms with van der Waals surface area (Å²) in [5, 5.41) is 5.52. The van der Waals surface area contributed by atoms with Crippen molar-refractivity contribution >= 4 is 11.8 Å². The zero-order valence-corrected chi connectivity index (χ0v) is 12.1. The second-order valence-corrected chi connectivity index (χ2v) is 5.64. The smallest absolute Gasteiger partial charge is 0.242 e. The molecular formula is C14H27N3O2. The molecule has 5 heteroatoms. The monoisotopic (exact) mass is 269 g/mol. The molecule has 2 atom stereocenters. The molecule has 1 unspecified atom stereocenters. The van der Waals surface area contributed by atoms with Gasteiger partial charge in [-0.2, -0.15) is 0 Å². The Labute approximate surface area is 115 Å². The van der Waals surface area contributed by atoms with Crippen LogP contribution in [0.1, 0.15) is 52.4 Å². The van der Waals surface area contributed by atoms with E-state index in [9.17, 15) is 9.59 Å². The van der Waals surface area contributed by atoms with Gasteiger partial charge in [-0.05, 0) is 32.6 Å².